The molecule has 0 aliphatic carbocycles. The van der Waals surface area contributed by atoms with Crippen molar-refractivity contribution in [3.8, 4) is 0 Å². The Hall–Kier alpha value is -2.98. The number of halogens is 3. The van der Waals surface area contributed by atoms with Crippen LogP contribution in [-0.4, -0.2) is 62.7 Å². The number of amides is 2. The number of benzene rings is 2. The lowest BCUT2D eigenvalue weighted by Gasteiger charge is -2.31. The molecule has 1 aliphatic heterocycles. The smallest absolute Gasteiger partial charge is 0.326 e. The van der Waals surface area contributed by atoms with Crippen LogP contribution in [0.2, 0.25) is 15.1 Å². The SMILES string of the molecule is CSc1ccc(/C=C/C(=O)N2CCC(C(=O)NC(Cc3cn(Cc4ccc(Cl)cc4)cn3)C(=O)O)CC2)c(Cl)c1Cl. The molecule has 1 aliphatic rings. The van der Waals surface area contributed by atoms with Gasteiger partial charge in [-0.3, -0.25) is 9.59 Å². The van der Waals surface area contributed by atoms with E-state index < -0.39 is 12.0 Å². The highest BCUT2D eigenvalue weighted by molar-refractivity contribution is 7.98. The topological polar surface area (TPSA) is 105 Å². The third-order valence-electron chi connectivity index (χ3n) is 6.87. The van der Waals surface area contributed by atoms with E-state index in [-0.39, 0.29) is 24.2 Å². The summed E-state index contributed by atoms with van der Waals surface area (Å²) in [6.45, 7) is 1.33. The molecule has 0 bridgehead atoms. The molecule has 2 aromatic carbocycles. The summed E-state index contributed by atoms with van der Waals surface area (Å²) >= 11 is 20.0. The number of carboxylic acid groups (broad SMARTS) is 1. The van der Waals surface area contributed by atoms with Crippen LogP contribution in [0.25, 0.3) is 6.08 Å². The van der Waals surface area contributed by atoms with Gasteiger partial charge in [0.25, 0.3) is 0 Å². The van der Waals surface area contributed by atoms with E-state index in [0.29, 0.717) is 58.8 Å². The van der Waals surface area contributed by atoms with Crippen molar-refractivity contribution in [2.75, 3.05) is 19.3 Å². The van der Waals surface area contributed by atoms with E-state index in [4.69, 9.17) is 34.8 Å². The summed E-state index contributed by atoms with van der Waals surface area (Å²) in [7, 11) is 0. The van der Waals surface area contributed by atoms with Crippen LogP contribution >= 0.6 is 46.6 Å². The van der Waals surface area contributed by atoms with Crippen molar-refractivity contribution in [2.45, 2.75) is 36.7 Å². The average Bonchev–Trinajstić information content (AvgIpc) is 3.41. The highest BCUT2D eigenvalue weighted by Gasteiger charge is 2.30. The van der Waals surface area contributed by atoms with E-state index in [1.807, 2.05) is 35.1 Å². The number of carbonyl (C=O) groups excluding carboxylic acids is 2. The van der Waals surface area contributed by atoms with E-state index in [1.54, 1.807) is 35.6 Å². The lowest BCUT2D eigenvalue weighted by atomic mass is 9.95. The Morgan fingerprint density at radius 2 is 1.80 bits per heavy atom. The van der Waals surface area contributed by atoms with Gasteiger partial charge in [-0.05, 0) is 54.5 Å². The highest BCUT2D eigenvalue weighted by Crippen LogP contribution is 2.35. The number of aromatic nitrogens is 2. The van der Waals surface area contributed by atoms with Crippen LogP contribution in [0.1, 0.15) is 29.7 Å². The van der Waals surface area contributed by atoms with Gasteiger partial charge in [0.15, 0.2) is 0 Å². The zero-order chi connectivity index (χ0) is 29.5. The lowest BCUT2D eigenvalue weighted by molar-refractivity contribution is -0.142. The number of carboxylic acids is 1. The van der Waals surface area contributed by atoms with Gasteiger partial charge in [-0.2, -0.15) is 0 Å². The number of nitrogens with zero attached hydrogens (tertiary/aromatic N) is 3. The van der Waals surface area contributed by atoms with Crippen molar-refractivity contribution < 1.29 is 19.5 Å². The van der Waals surface area contributed by atoms with Gasteiger partial charge in [-0.25, -0.2) is 9.78 Å². The fraction of sp³-hybridized carbons (Fsp3) is 0.310. The molecule has 0 radical (unpaired) electrons. The maximum atomic E-state index is 12.9. The quantitative estimate of drug-likeness (QED) is 0.220. The van der Waals surface area contributed by atoms with E-state index in [2.05, 4.69) is 10.3 Å². The van der Waals surface area contributed by atoms with E-state index in [1.165, 1.54) is 17.8 Å². The third-order valence-corrected chi connectivity index (χ3v) is 8.91. The third kappa shape index (κ3) is 8.29. The van der Waals surface area contributed by atoms with Gasteiger partial charge in [0.05, 0.1) is 22.1 Å². The van der Waals surface area contributed by atoms with Crippen molar-refractivity contribution in [2.24, 2.45) is 5.92 Å². The minimum atomic E-state index is -1.13. The van der Waals surface area contributed by atoms with E-state index in [9.17, 15) is 19.5 Å². The first-order valence-corrected chi connectivity index (χ1v) is 15.3. The van der Waals surface area contributed by atoms with Gasteiger partial charge in [-0.1, -0.05) is 53.0 Å². The Morgan fingerprint density at radius 3 is 2.46 bits per heavy atom. The van der Waals surface area contributed by atoms with Gasteiger partial charge in [0, 0.05) is 54.2 Å². The first kappa shape index (κ1) is 31.0. The van der Waals surface area contributed by atoms with Crippen molar-refractivity contribution in [1.82, 2.24) is 19.8 Å². The normalized spacial score (nSPS) is 14.8. The summed E-state index contributed by atoms with van der Waals surface area (Å²) < 4.78 is 1.85. The van der Waals surface area contributed by atoms with Crippen LogP contribution in [0.15, 0.2) is 59.9 Å². The Morgan fingerprint density at radius 1 is 1.10 bits per heavy atom. The van der Waals surface area contributed by atoms with Crippen molar-refractivity contribution in [3.63, 3.8) is 0 Å². The molecule has 1 saturated heterocycles. The molecule has 3 aromatic rings. The molecule has 4 rings (SSSR count). The molecule has 1 atom stereocenters. The van der Waals surface area contributed by atoms with Gasteiger partial charge in [0.2, 0.25) is 11.8 Å². The molecule has 2 amide bonds. The first-order valence-electron chi connectivity index (χ1n) is 12.9. The summed E-state index contributed by atoms with van der Waals surface area (Å²) in [5.74, 6) is -2.05. The molecule has 8 nitrogen and oxygen atoms in total. The summed E-state index contributed by atoms with van der Waals surface area (Å²) in [5.41, 5.74) is 2.23. The van der Waals surface area contributed by atoms with Crippen molar-refractivity contribution in [3.05, 3.63) is 86.9 Å². The van der Waals surface area contributed by atoms with E-state index >= 15 is 0 Å². The lowest BCUT2D eigenvalue weighted by Crippen LogP contribution is -2.48. The van der Waals surface area contributed by atoms with Gasteiger partial charge in [-0.15, -0.1) is 11.8 Å². The number of piperidine rings is 1. The highest BCUT2D eigenvalue weighted by atomic mass is 35.5. The fourth-order valence-corrected chi connectivity index (χ4v) is 5.86. The van der Waals surface area contributed by atoms with Crippen LogP contribution in [0.3, 0.4) is 0 Å². The zero-order valence-corrected chi connectivity index (χ0v) is 25.3. The average molecular weight is 636 g/mol. The number of imidazole rings is 1. The predicted molar refractivity (Wildman–Crippen MR) is 163 cm³/mol. The van der Waals surface area contributed by atoms with Crippen LogP contribution < -0.4 is 5.32 Å². The monoisotopic (exact) mass is 634 g/mol. The molecule has 41 heavy (non-hydrogen) atoms. The molecule has 2 N–H and O–H groups in total. The van der Waals surface area contributed by atoms with Crippen molar-refractivity contribution >= 4 is 70.4 Å². The van der Waals surface area contributed by atoms with Gasteiger partial charge in [0.1, 0.15) is 6.04 Å². The second-order valence-electron chi connectivity index (χ2n) is 9.69. The minimum absolute atomic E-state index is 0.0569. The molecule has 216 valence electrons. The van der Waals surface area contributed by atoms with Crippen LogP contribution in [0, 0.1) is 5.92 Å². The second-order valence-corrected chi connectivity index (χ2v) is 11.7. The van der Waals surface area contributed by atoms with E-state index in [0.717, 1.165) is 10.5 Å². The Balaban J connectivity index is 1.28. The summed E-state index contributed by atoms with van der Waals surface area (Å²) in [6.07, 6.45) is 9.31. The van der Waals surface area contributed by atoms with Crippen molar-refractivity contribution in [1.29, 1.82) is 0 Å². The minimum Gasteiger partial charge on any atom is -0.480 e. The molecule has 0 saturated carbocycles. The zero-order valence-electron chi connectivity index (χ0n) is 22.2. The molecule has 2 heterocycles. The largest absolute Gasteiger partial charge is 0.480 e. The molecule has 1 aromatic heterocycles. The molecule has 12 heteroatoms. The predicted octanol–water partition coefficient (Wildman–Crippen LogP) is 5.68. The van der Waals surface area contributed by atoms with Crippen LogP contribution in [0.5, 0.6) is 0 Å². The number of rotatable bonds is 10. The summed E-state index contributed by atoms with van der Waals surface area (Å²) in [6, 6.07) is 9.98. The summed E-state index contributed by atoms with van der Waals surface area (Å²) in [5, 5.41) is 13.9. The number of hydrogen-bond acceptors (Lipinski definition) is 5. The maximum absolute atomic E-state index is 12.9. The standard InChI is InChI=1S/C29H29Cl3N4O4S/c1-41-24-8-4-19(26(31)27(24)32)5-9-25(37)36-12-10-20(11-13-36)28(38)34-23(29(39)40)14-22-16-35(17-33-22)15-18-2-6-21(30)7-3-18/h2-9,16-17,20,23H,10-15H2,1H3,(H,34,38)(H,39,40)/b9-5+. The number of likely N-dealkylation sites (tertiary alicyclic amines) is 1. The number of aliphatic carboxylic acids is 1. The fourth-order valence-electron chi connectivity index (χ4n) is 4.56. The number of thioether (sulfide) groups is 1. The molecule has 1 fully saturated rings. The summed E-state index contributed by atoms with van der Waals surface area (Å²) in [4.78, 5) is 44.4. The maximum Gasteiger partial charge on any atom is 0.326 e. The molecular formula is C29H29Cl3N4O4S. The number of nitrogens with one attached hydrogen (secondary N) is 1. The number of carbonyl (C=O) groups is 3. The molecular weight excluding hydrogens is 607 g/mol. The molecule has 0 spiro atoms. The Labute approximate surface area is 257 Å². The second kappa shape index (κ2) is 14.3. The van der Waals surface area contributed by atoms with Gasteiger partial charge >= 0.3 is 5.97 Å². The van der Waals surface area contributed by atoms with Crippen LogP contribution in [-0.2, 0) is 27.3 Å². The Kier molecular flexibility index (Phi) is 10.8. The number of hydrogen-bond donors (Lipinski definition) is 2. The molecule has 1 unspecified atom stereocenters. The van der Waals surface area contributed by atoms with Crippen LogP contribution in [0.4, 0.5) is 0 Å². The van der Waals surface area contributed by atoms with Gasteiger partial charge < -0.3 is 19.9 Å². The first-order chi connectivity index (χ1) is 19.6. The Bertz CT molecular complexity index is 1440.